The smallest absolute Gasteiger partial charge is 0.137 e. The number of rotatable bonds is 10. The van der Waals surface area contributed by atoms with Crippen LogP contribution in [0, 0.1) is 5.92 Å². The van der Waals surface area contributed by atoms with E-state index in [1.54, 1.807) is 13.1 Å². The van der Waals surface area contributed by atoms with E-state index < -0.39 is 11.7 Å². The number of hydrogen-bond acceptors (Lipinski definition) is 5. The second kappa shape index (κ2) is 10.4. The Bertz CT molecular complexity index is 957. The largest absolute Gasteiger partial charge is 0.385 e. The minimum atomic E-state index is -0.594. The van der Waals surface area contributed by atoms with E-state index in [9.17, 15) is 5.11 Å². The minimum Gasteiger partial charge on any atom is -0.385 e. The van der Waals surface area contributed by atoms with Gasteiger partial charge in [0.1, 0.15) is 17.5 Å². The fourth-order valence-corrected chi connectivity index (χ4v) is 4.34. The molecule has 1 fully saturated rings. The standard InChI is InChI=1S/C26H34N4O2/c1-21(31)25-28-13-15-30(25)14-5-10-26(32-17-16-29-19-22(18-27)20-29)11-8-24(9-12-26)23-6-3-2-4-7-23/h2-11,13,15,21-22,31H,12,14,16-20,27H2,1H3/b10-5+. The topological polar surface area (TPSA) is 76.5 Å². The average Bonchev–Trinajstić information content (AvgIpc) is 3.25. The molecule has 2 aliphatic rings. The highest BCUT2D eigenvalue weighted by molar-refractivity contribution is 5.75. The van der Waals surface area contributed by atoms with Crippen LogP contribution in [-0.4, -0.2) is 57.9 Å². The van der Waals surface area contributed by atoms with Gasteiger partial charge in [0.05, 0.1) is 6.61 Å². The van der Waals surface area contributed by atoms with Crippen molar-refractivity contribution in [1.29, 1.82) is 0 Å². The second-order valence-corrected chi connectivity index (χ2v) is 8.74. The van der Waals surface area contributed by atoms with E-state index in [2.05, 4.69) is 64.5 Å². The van der Waals surface area contributed by atoms with E-state index in [1.807, 2.05) is 16.8 Å². The lowest BCUT2D eigenvalue weighted by Gasteiger charge is -2.39. The van der Waals surface area contributed by atoms with Gasteiger partial charge in [0, 0.05) is 45.0 Å². The molecule has 0 bridgehead atoms. The van der Waals surface area contributed by atoms with E-state index in [0.717, 1.165) is 32.6 Å². The van der Waals surface area contributed by atoms with Crippen molar-refractivity contribution in [1.82, 2.24) is 14.5 Å². The lowest BCUT2D eigenvalue weighted by molar-refractivity contribution is -0.00370. The quantitative estimate of drug-likeness (QED) is 0.562. The van der Waals surface area contributed by atoms with E-state index in [1.165, 1.54) is 11.1 Å². The molecule has 32 heavy (non-hydrogen) atoms. The first-order chi connectivity index (χ1) is 15.6. The van der Waals surface area contributed by atoms with Gasteiger partial charge < -0.3 is 25.0 Å². The summed E-state index contributed by atoms with van der Waals surface area (Å²) in [6.07, 6.45) is 14.6. The van der Waals surface area contributed by atoms with Gasteiger partial charge in [-0.25, -0.2) is 4.98 Å². The van der Waals surface area contributed by atoms with Crippen molar-refractivity contribution in [3.05, 3.63) is 84.5 Å². The molecule has 2 aromatic rings. The molecule has 0 saturated carbocycles. The third-order valence-corrected chi connectivity index (χ3v) is 6.26. The zero-order valence-electron chi connectivity index (χ0n) is 18.8. The molecule has 1 aromatic carbocycles. The number of aliphatic hydroxyl groups is 1. The molecule has 2 atom stereocenters. The zero-order chi connectivity index (χ0) is 22.4. The molecule has 0 spiro atoms. The molecule has 3 N–H and O–H groups in total. The highest BCUT2D eigenvalue weighted by Gasteiger charge is 2.29. The first kappa shape index (κ1) is 22.7. The lowest BCUT2D eigenvalue weighted by Crippen LogP contribution is -2.51. The van der Waals surface area contributed by atoms with Crippen LogP contribution in [0.15, 0.2) is 73.1 Å². The van der Waals surface area contributed by atoms with Crippen molar-refractivity contribution < 1.29 is 9.84 Å². The average molecular weight is 435 g/mol. The molecule has 1 aliphatic carbocycles. The third kappa shape index (κ3) is 5.45. The molecule has 170 valence electrons. The highest BCUT2D eigenvalue weighted by Crippen LogP contribution is 2.31. The molecular formula is C26H34N4O2. The van der Waals surface area contributed by atoms with Crippen molar-refractivity contribution in [2.75, 3.05) is 32.8 Å². The molecule has 6 nitrogen and oxygen atoms in total. The van der Waals surface area contributed by atoms with Gasteiger partial charge in [0.25, 0.3) is 0 Å². The van der Waals surface area contributed by atoms with Crippen molar-refractivity contribution >= 4 is 5.57 Å². The van der Waals surface area contributed by atoms with Gasteiger partial charge in [-0.3, -0.25) is 0 Å². The SMILES string of the molecule is CC(O)c1nccn1C/C=C/C1(OCCN2CC(CN)C2)C=CC(c2ccccc2)=CC1. The summed E-state index contributed by atoms with van der Waals surface area (Å²) in [5.74, 6) is 1.30. The molecular weight excluding hydrogens is 400 g/mol. The van der Waals surface area contributed by atoms with Crippen LogP contribution in [0.1, 0.15) is 30.8 Å². The Balaban J connectivity index is 1.43. The van der Waals surface area contributed by atoms with Crippen LogP contribution in [0.2, 0.25) is 0 Å². The van der Waals surface area contributed by atoms with E-state index >= 15 is 0 Å². The molecule has 2 unspecified atom stereocenters. The summed E-state index contributed by atoms with van der Waals surface area (Å²) in [5, 5.41) is 9.90. The Morgan fingerprint density at radius 3 is 2.81 bits per heavy atom. The van der Waals surface area contributed by atoms with Crippen LogP contribution < -0.4 is 5.73 Å². The Morgan fingerprint density at radius 2 is 2.12 bits per heavy atom. The molecule has 4 rings (SSSR count). The van der Waals surface area contributed by atoms with Gasteiger partial charge in [-0.2, -0.15) is 0 Å². The monoisotopic (exact) mass is 434 g/mol. The number of likely N-dealkylation sites (tertiary alicyclic amines) is 1. The summed E-state index contributed by atoms with van der Waals surface area (Å²) >= 11 is 0. The first-order valence-corrected chi connectivity index (χ1v) is 11.5. The fourth-order valence-electron chi connectivity index (χ4n) is 4.34. The normalized spacial score (nSPS) is 22.8. The molecule has 1 saturated heterocycles. The number of hydrogen-bond donors (Lipinski definition) is 2. The molecule has 6 heteroatoms. The number of nitrogens with two attached hydrogens (primary N) is 1. The summed E-state index contributed by atoms with van der Waals surface area (Å²) in [5.41, 5.74) is 7.71. The van der Waals surface area contributed by atoms with Crippen molar-refractivity contribution in [2.24, 2.45) is 11.7 Å². The first-order valence-electron chi connectivity index (χ1n) is 11.5. The Hall–Kier alpha value is -2.51. The summed E-state index contributed by atoms with van der Waals surface area (Å²) in [6, 6.07) is 10.4. The van der Waals surface area contributed by atoms with Gasteiger partial charge in [0.15, 0.2) is 0 Å². The predicted molar refractivity (Wildman–Crippen MR) is 128 cm³/mol. The highest BCUT2D eigenvalue weighted by atomic mass is 16.5. The number of allylic oxidation sites excluding steroid dienone is 3. The van der Waals surface area contributed by atoms with Gasteiger partial charge in [-0.1, -0.05) is 54.6 Å². The molecule has 0 radical (unpaired) electrons. The Morgan fingerprint density at radius 1 is 1.31 bits per heavy atom. The predicted octanol–water partition coefficient (Wildman–Crippen LogP) is 3.18. The van der Waals surface area contributed by atoms with Crippen LogP contribution in [0.4, 0.5) is 0 Å². The maximum Gasteiger partial charge on any atom is 0.137 e. The molecule has 2 heterocycles. The summed E-state index contributed by atoms with van der Waals surface area (Å²) < 4.78 is 8.42. The number of ether oxygens (including phenoxy) is 1. The molecule has 0 amide bonds. The van der Waals surface area contributed by atoms with Gasteiger partial charge in [0.2, 0.25) is 0 Å². The van der Waals surface area contributed by atoms with Crippen LogP contribution >= 0.6 is 0 Å². The second-order valence-electron chi connectivity index (χ2n) is 8.74. The van der Waals surface area contributed by atoms with Crippen molar-refractivity contribution in [3.8, 4) is 0 Å². The van der Waals surface area contributed by atoms with Crippen LogP contribution in [0.3, 0.4) is 0 Å². The van der Waals surface area contributed by atoms with E-state index in [4.69, 9.17) is 10.5 Å². The van der Waals surface area contributed by atoms with Crippen LogP contribution in [-0.2, 0) is 11.3 Å². The fraction of sp³-hybridized carbons (Fsp3) is 0.423. The molecule has 1 aliphatic heterocycles. The van der Waals surface area contributed by atoms with Gasteiger partial charge in [-0.15, -0.1) is 0 Å². The zero-order valence-corrected chi connectivity index (χ0v) is 18.8. The third-order valence-electron chi connectivity index (χ3n) is 6.26. The summed E-state index contributed by atoms with van der Waals surface area (Å²) in [4.78, 5) is 6.65. The lowest BCUT2D eigenvalue weighted by atomic mass is 9.89. The number of nitrogens with zero attached hydrogens (tertiary/aromatic N) is 3. The van der Waals surface area contributed by atoms with Crippen molar-refractivity contribution in [3.63, 3.8) is 0 Å². The number of benzene rings is 1. The van der Waals surface area contributed by atoms with Gasteiger partial charge in [-0.05, 0) is 36.6 Å². The number of aromatic nitrogens is 2. The van der Waals surface area contributed by atoms with Crippen LogP contribution in [0.25, 0.3) is 5.57 Å². The number of imidazole rings is 1. The molecule has 1 aromatic heterocycles. The Kier molecular flexibility index (Phi) is 7.37. The summed E-state index contributed by atoms with van der Waals surface area (Å²) in [7, 11) is 0. The van der Waals surface area contributed by atoms with Gasteiger partial charge >= 0.3 is 0 Å². The maximum atomic E-state index is 9.90. The number of aliphatic hydroxyl groups excluding tert-OH is 1. The van der Waals surface area contributed by atoms with E-state index in [0.29, 0.717) is 24.9 Å². The van der Waals surface area contributed by atoms with E-state index in [-0.39, 0.29) is 0 Å². The minimum absolute atomic E-state index is 0.470. The maximum absolute atomic E-state index is 9.90. The summed E-state index contributed by atoms with van der Waals surface area (Å²) in [6.45, 7) is 6.87. The Labute approximate surface area is 190 Å². The van der Waals surface area contributed by atoms with Crippen LogP contribution in [0.5, 0.6) is 0 Å². The van der Waals surface area contributed by atoms with Crippen molar-refractivity contribution in [2.45, 2.75) is 31.6 Å².